The SMILES string of the molecule is CCCCCC/C(O)=C(/C)[C@H]1[C@H](O)CS(=O)(=O)[C@H]1CCCCCCC(=O)O. The van der Waals surface area contributed by atoms with Crippen molar-refractivity contribution < 1.29 is 28.5 Å². The zero-order valence-corrected chi connectivity index (χ0v) is 17.5. The molecule has 1 rings (SSSR count). The Balaban J connectivity index is 2.67. The third-order valence-corrected chi connectivity index (χ3v) is 7.79. The van der Waals surface area contributed by atoms with Crippen molar-refractivity contribution in [1.82, 2.24) is 0 Å². The van der Waals surface area contributed by atoms with Crippen molar-refractivity contribution >= 4 is 15.8 Å². The number of aliphatic hydroxyl groups is 2. The largest absolute Gasteiger partial charge is 0.512 e. The molecular formula is C20H36O6S. The molecule has 0 amide bonds. The lowest BCUT2D eigenvalue weighted by Crippen LogP contribution is -2.27. The minimum absolute atomic E-state index is 0.136. The Morgan fingerprint density at radius 3 is 2.19 bits per heavy atom. The fraction of sp³-hybridized carbons (Fsp3) is 0.850. The number of aliphatic hydroxyl groups excluding tert-OH is 2. The molecule has 3 N–H and O–H groups in total. The lowest BCUT2D eigenvalue weighted by atomic mass is 9.87. The molecule has 3 atom stereocenters. The number of carboxylic acids is 1. The van der Waals surface area contributed by atoms with Crippen LogP contribution < -0.4 is 0 Å². The van der Waals surface area contributed by atoms with E-state index in [9.17, 15) is 23.4 Å². The van der Waals surface area contributed by atoms with Crippen molar-refractivity contribution in [2.75, 3.05) is 5.75 Å². The first-order chi connectivity index (χ1) is 12.7. The van der Waals surface area contributed by atoms with Crippen LogP contribution in [0, 0.1) is 5.92 Å². The molecule has 0 aliphatic carbocycles. The Morgan fingerprint density at radius 1 is 0.963 bits per heavy atom. The van der Waals surface area contributed by atoms with E-state index in [1.54, 1.807) is 6.92 Å². The summed E-state index contributed by atoms with van der Waals surface area (Å²) in [6.45, 7) is 3.86. The number of rotatable bonds is 13. The molecule has 0 aromatic heterocycles. The van der Waals surface area contributed by atoms with Gasteiger partial charge in [0.1, 0.15) is 0 Å². The highest BCUT2D eigenvalue weighted by molar-refractivity contribution is 7.92. The van der Waals surface area contributed by atoms with Gasteiger partial charge in [-0.3, -0.25) is 4.79 Å². The predicted octanol–water partition coefficient (Wildman–Crippen LogP) is 3.99. The van der Waals surface area contributed by atoms with Crippen LogP contribution in [0.3, 0.4) is 0 Å². The molecule has 0 aromatic rings. The Hall–Kier alpha value is -1.08. The Labute approximate surface area is 163 Å². The van der Waals surface area contributed by atoms with Crippen LogP contribution in [0.25, 0.3) is 0 Å². The van der Waals surface area contributed by atoms with Gasteiger partial charge in [0.05, 0.1) is 22.9 Å². The van der Waals surface area contributed by atoms with Gasteiger partial charge in [-0.05, 0) is 31.8 Å². The second kappa shape index (κ2) is 11.7. The van der Waals surface area contributed by atoms with Crippen LogP contribution in [-0.2, 0) is 14.6 Å². The van der Waals surface area contributed by atoms with Gasteiger partial charge in [0.15, 0.2) is 9.84 Å². The van der Waals surface area contributed by atoms with E-state index in [0.29, 0.717) is 31.3 Å². The number of unbranched alkanes of at least 4 members (excludes halogenated alkanes) is 6. The van der Waals surface area contributed by atoms with Gasteiger partial charge >= 0.3 is 5.97 Å². The van der Waals surface area contributed by atoms with Gasteiger partial charge in [0.2, 0.25) is 0 Å². The first kappa shape index (κ1) is 24.0. The summed E-state index contributed by atoms with van der Waals surface area (Å²) in [4.78, 5) is 10.5. The molecule has 0 aromatic carbocycles. The quantitative estimate of drug-likeness (QED) is 0.316. The van der Waals surface area contributed by atoms with Gasteiger partial charge in [-0.15, -0.1) is 0 Å². The average molecular weight is 405 g/mol. The normalized spacial score (nSPS) is 25.4. The van der Waals surface area contributed by atoms with Crippen LogP contribution in [-0.4, -0.2) is 46.8 Å². The monoisotopic (exact) mass is 404 g/mol. The fourth-order valence-corrected chi connectivity index (χ4v) is 6.24. The third kappa shape index (κ3) is 7.82. The van der Waals surface area contributed by atoms with Crippen molar-refractivity contribution in [2.45, 2.75) is 95.8 Å². The fourth-order valence-electron chi connectivity index (χ4n) is 3.95. The van der Waals surface area contributed by atoms with E-state index in [1.165, 1.54) is 0 Å². The van der Waals surface area contributed by atoms with Crippen LogP contribution in [0.1, 0.15) is 84.5 Å². The molecule has 0 saturated carbocycles. The zero-order valence-electron chi connectivity index (χ0n) is 16.7. The molecule has 0 radical (unpaired) electrons. The topological polar surface area (TPSA) is 112 Å². The average Bonchev–Trinajstić information content (AvgIpc) is 2.81. The summed E-state index contributed by atoms with van der Waals surface area (Å²) < 4.78 is 25.0. The van der Waals surface area contributed by atoms with Crippen molar-refractivity contribution in [3.8, 4) is 0 Å². The van der Waals surface area contributed by atoms with E-state index < -0.39 is 33.1 Å². The molecule has 0 bridgehead atoms. The number of hydrogen-bond donors (Lipinski definition) is 3. The molecular weight excluding hydrogens is 368 g/mol. The molecule has 0 spiro atoms. The van der Waals surface area contributed by atoms with Crippen molar-refractivity contribution in [3.63, 3.8) is 0 Å². The van der Waals surface area contributed by atoms with Gasteiger partial charge in [0, 0.05) is 18.8 Å². The Bertz CT molecular complexity index is 596. The van der Waals surface area contributed by atoms with E-state index in [2.05, 4.69) is 6.92 Å². The molecule has 6 nitrogen and oxygen atoms in total. The van der Waals surface area contributed by atoms with Crippen molar-refractivity contribution in [3.05, 3.63) is 11.3 Å². The minimum Gasteiger partial charge on any atom is -0.512 e. The summed E-state index contributed by atoms with van der Waals surface area (Å²) in [7, 11) is -3.39. The smallest absolute Gasteiger partial charge is 0.303 e. The first-order valence-corrected chi connectivity index (χ1v) is 11.9. The number of carbonyl (C=O) groups is 1. The van der Waals surface area contributed by atoms with Gasteiger partial charge in [-0.1, -0.05) is 45.4 Å². The highest BCUT2D eigenvalue weighted by atomic mass is 32.2. The number of sulfone groups is 1. The number of allylic oxidation sites excluding steroid dienone is 1. The van der Waals surface area contributed by atoms with Crippen molar-refractivity contribution in [2.24, 2.45) is 5.92 Å². The van der Waals surface area contributed by atoms with Crippen LogP contribution in [0.5, 0.6) is 0 Å². The molecule has 7 heteroatoms. The maximum atomic E-state index is 12.5. The van der Waals surface area contributed by atoms with E-state index in [0.717, 1.165) is 38.5 Å². The maximum absolute atomic E-state index is 12.5. The molecule has 0 unspecified atom stereocenters. The van der Waals surface area contributed by atoms with Crippen LogP contribution in [0.4, 0.5) is 0 Å². The molecule has 1 heterocycles. The first-order valence-electron chi connectivity index (χ1n) is 10.2. The third-order valence-electron chi connectivity index (χ3n) is 5.53. The summed E-state index contributed by atoms with van der Waals surface area (Å²) in [6.07, 6.45) is 7.04. The van der Waals surface area contributed by atoms with Gasteiger partial charge in [0.25, 0.3) is 0 Å². The highest BCUT2D eigenvalue weighted by Crippen LogP contribution is 2.37. The van der Waals surface area contributed by atoms with E-state index in [4.69, 9.17) is 5.11 Å². The van der Waals surface area contributed by atoms with E-state index in [-0.39, 0.29) is 17.9 Å². The highest BCUT2D eigenvalue weighted by Gasteiger charge is 2.47. The van der Waals surface area contributed by atoms with E-state index >= 15 is 0 Å². The number of carboxylic acid groups (broad SMARTS) is 1. The lowest BCUT2D eigenvalue weighted by molar-refractivity contribution is -0.137. The molecule has 1 saturated heterocycles. The number of aliphatic carboxylic acids is 1. The summed E-state index contributed by atoms with van der Waals surface area (Å²) in [5, 5.41) is 28.7. The van der Waals surface area contributed by atoms with Gasteiger partial charge in [-0.2, -0.15) is 0 Å². The minimum atomic E-state index is -3.39. The Kier molecular flexibility index (Phi) is 10.4. The van der Waals surface area contributed by atoms with Gasteiger partial charge < -0.3 is 15.3 Å². The summed E-state index contributed by atoms with van der Waals surface area (Å²) in [6, 6.07) is 0. The standard InChI is InChI=1S/C20H36O6S/c1-3-4-5-8-11-16(21)15(2)20-17(22)14-27(25,26)18(20)12-9-6-7-10-13-19(23)24/h17-18,20-22H,3-14H2,1-2H3,(H,23,24)/b16-15+/t17-,18+,20+/m1/s1. The summed E-state index contributed by atoms with van der Waals surface area (Å²) in [5.74, 6) is -1.38. The molecule has 1 aliphatic rings. The molecule has 1 fully saturated rings. The lowest BCUT2D eigenvalue weighted by Gasteiger charge is -2.23. The number of hydrogen-bond acceptors (Lipinski definition) is 5. The van der Waals surface area contributed by atoms with Crippen LogP contribution in [0.2, 0.25) is 0 Å². The van der Waals surface area contributed by atoms with Crippen LogP contribution >= 0.6 is 0 Å². The molecule has 158 valence electrons. The van der Waals surface area contributed by atoms with Gasteiger partial charge in [-0.25, -0.2) is 8.42 Å². The van der Waals surface area contributed by atoms with E-state index in [1.807, 2.05) is 0 Å². The zero-order chi connectivity index (χ0) is 20.4. The maximum Gasteiger partial charge on any atom is 0.303 e. The summed E-state index contributed by atoms with van der Waals surface area (Å²) in [5.41, 5.74) is 0.607. The van der Waals surface area contributed by atoms with Crippen LogP contribution in [0.15, 0.2) is 11.3 Å². The summed E-state index contributed by atoms with van der Waals surface area (Å²) >= 11 is 0. The Morgan fingerprint density at radius 2 is 1.56 bits per heavy atom. The molecule has 1 aliphatic heterocycles. The second-order valence-corrected chi connectivity index (χ2v) is 10.0. The van der Waals surface area contributed by atoms with Crippen molar-refractivity contribution in [1.29, 1.82) is 0 Å². The molecule has 27 heavy (non-hydrogen) atoms. The second-order valence-electron chi connectivity index (χ2n) is 7.75. The predicted molar refractivity (Wildman–Crippen MR) is 106 cm³/mol.